The number of aliphatic hydroxyl groups is 1. The molecule has 8 N–H and O–H groups in total. The van der Waals surface area contributed by atoms with Crippen LogP contribution in [0.3, 0.4) is 0 Å². The quantitative estimate of drug-likeness (QED) is 0.130. The number of benzene rings is 1. The first-order chi connectivity index (χ1) is 19.3. The first-order valence-electron chi connectivity index (χ1n) is 14.4. The highest BCUT2D eigenvalue weighted by Gasteiger charge is 2.31. The van der Waals surface area contributed by atoms with E-state index < -0.39 is 41.8 Å². The first kappa shape index (κ1) is 39.4. The summed E-state index contributed by atoms with van der Waals surface area (Å²) in [6.45, 7) is 9.08. The summed E-state index contributed by atoms with van der Waals surface area (Å²) in [7, 11) is 3.26. The van der Waals surface area contributed by atoms with Gasteiger partial charge in [-0.05, 0) is 61.1 Å². The average Bonchev–Trinajstić information content (AvgIpc) is 2.90. The Labute approximate surface area is 257 Å². The molecule has 0 aliphatic heterocycles. The minimum Gasteiger partial charge on any atom is -0.493 e. The van der Waals surface area contributed by atoms with Crippen LogP contribution in [0, 0.1) is 23.7 Å². The van der Waals surface area contributed by atoms with Crippen molar-refractivity contribution < 1.29 is 33.7 Å². The number of halogens is 1. The van der Waals surface area contributed by atoms with Gasteiger partial charge in [-0.25, -0.2) is 0 Å². The number of methoxy groups -OCH3 is 2. The van der Waals surface area contributed by atoms with Gasteiger partial charge >= 0.3 is 0 Å². The Morgan fingerprint density at radius 2 is 1.64 bits per heavy atom. The van der Waals surface area contributed by atoms with Crippen molar-refractivity contribution in [2.45, 2.75) is 84.4 Å². The number of nitrogens with two attached hydrogens (primary N) is 3. The van der Waals surface area contributed by atoms with Crippen molar-refractivity contribution in [1.82, 2.24) is 5.32 Å². The monoisotopic (exact) mass is 616 g/mol. The lowest BCUT2D eigenvalue weighted by atomic mass is 9.80. The number of rotatable bonds is 21. The zero-order valence-electron chi connectivity index (χ0n) is 26.0. The number of aliphatic hydroxyl groups excluding tert-OH is 1. The van der Waals surface area contributed by atoms with Gasteiger partial charge < -0.3 is 41.8 Å². The minimum absolute atomic E-state index is 0. The molecule has 1 rings (SSSR count). The predicted octanol–water partition coefficient (Wildman–Crippen LogP) is 2.32. The molecule has 0 fully saturated rings. The molecule has 5 atom stereocenters. The SMILES string of the molecule is COCCCOc1cc(C[C@@H](C[C@H](N)[C@@H](O)C[C@H](C(=O)N[C@@H](CCC(N)=O)C(N)=O)C(C)C)C(C)C)ccc1OC.Cl. The Bertz CT molecular complexity index is 964. The van der Waals surface area contributed by atoms with Crippen molar-refractivity contribution in [3.63, 3.8) is 0 Å². The van der Waals surface area contributed by atoms with Gasteiger partial charge in [-0.2, -0.15) is 0 Å². The molecule has 1 aromatic carbocycles. The van der Waals surface area contributed by atoms with Crippen LogP contribution in [0.15, 0.2) is 18.2 Å². The van der Waals surface area contributed by atoms with Gasteiger partial charge in [0.25, 0.3) is 0 Å². The maximum atomic E-state index is 13.1. The fraction of sp³-hybridized carbons (Fsp3) is 0.700. The van der Waals surface area contributed by atoms with Gasteiger partial charge in [-0.15, -0.1) is 12.4 Å². The van der Waals surface area contributed by atoms with Crippen molar-refractivity contribution in [2.24, 2.45) is 40.9 Å². The molecule has 1 aromatic rings. The number of nitrogens with one attached hydrogen (secondary N) is 1. The molecule has 42 heavy (non-hydrogen) atoms. The van der Waals surface area contributed by atoms with Gasteiger partial charge in [0.1, 0.15) is 6.04 Å². The van der Waals surface area contributed by atoms with Crippen molar-refractivity contribution >= 4 is 30.1 Å². The molecule has 3 amide bonds. The van der Waals surface area contributed by atoms with Crippen LogP contribution in [0.25, 0.3) is 0 Å². The molecule has 0 aliphatic rings. The normalized spacial score (nSPS) is 14.8. The fourth-order valence-electron chi connectivity index (χ4n) is 4.71. The lowest BCUT2D eigenvalue weighted by Gasteiger charge is -2.30. The zero-order chi connectivity index (χ0) is 31.1. The van der Waals surface area contributed by atoms with E-state index in [4.69, 9.17) is 31.4 Å². The third-order valence-electron chi connectivity index (χ3n) is 7.46. The van der Waals surface area contributed by atoms with Crippen LogP contribution < -0.4 is 32.0 Å². The van der Waals surface area contributed by atoms with Crippen molar-refractivity contribution in [3.05, 3.63) is 23.8 Å². The fourth-order valence-corrected chi connectivity index (χ4v) is 4.71. The highest BCUT2D eigenvalue weighted by molar-refractivity contribution is 5.88. The van der Waals surface area contributed by atoms with Crippen LogP contribution >= 0.6 is 12.4 Å². The summed E-state index contributed by atoms with van der Waals surface area (Å²) < 4.78 is 16.5. The average molecular weight is 617 g/mol. The van der Waals surface area contributed by atoms with Crippen LogP contribution in [0.5, 0.6) is 11.5 Å². The lowest BCUT2D eigenvalue weighted by molar-refractivity contribution is -0.132. The summed E-state index contributed by atoms with van der Waals surface area (Å²) in [5.74, 6) is -0.729. The molecule has 12 heteroatoms. The lowest BCUT2D eigenvalue weighted by Crippen LogP contribution is -2.49. The summed E-state index contributed by atoms with van der Waals surface area (Å²) >= 11 is 0. The number of carbonyl (C=O) groups is 3. The summed E-state index contributed by atoms with van der Waals surface area (Å²) in [6, 6.07) is 4.29. The van der Waals surface area contributed by atoms with Gasteiger partial charge in [0, 0.05) is 38.5 Å². The van der Waals surface area contributed by atoms with E-state index in [9.17, 15) is 19.5 Å². The van der Waals surface area contributed by atoms with Crippen molar-refractivity contribution in [1.29, 1.82) is 0 Å². The van der Waals surface area contributed by atoms with Gasteiger partial charge in [-0.1, -0.05) is 33.8 Å². The molecule has 0 radical (unpaired) electrons. The minimum atomic E-state index is -1.02. The van der Waals surface area contributed by atoms with Crippen LogP contribution in [0.4, 0.5) is 0 Å². The predicted molar refractivity (Wildman–Crippen MR) is 165 cm³/mol. The molecular formula is C30H53ClN4O7. The maximum absolute atomic E-state index is 13.1. The molecule has 0 unspecified atom stereocenters. The van der Waals surface area contributed by atoms with Crippen molar-refractivity contribution in [2.75, 3.05) is 27.4 Å². The standard InChI is InChI=1S/C30H52N4O7.ClH/c1-18(2)21(14-20-8-10-26(40-6)27(15-20)41-13-7-12-39-5)16-23(31)25(35)17-22(19(3)4)30(38)34-24(29(33)37)9-11-28(32)36;/h8,10,15,18-19,21-25,35H,7,9,11-14,16-17,31H2,1-6H3,(H2,32,36)(H2,33,37)(H,34,38);1H/t21-,22-,23-,24-,25-;/m0./s1. The number of primary amides is 2. The largest absolute Gasteiger partial charge is 0.493 e. The van der Waals surface area contributed by atoms with Gasteiger partial charge in [0.15, 0.2) is 11.5 Å². The number of carbonyl (C=O) groups excluding carboxylic acids is 3. The van der Waals surface area contributed by atoms with E-state index in [-0.39, 0.29) is 49.4 Å². The third kappa shape index (κ3) is 14.0. The van der Waals surface area contributed by atoms with Gasteiger partial charge in [0.2, 0.25) is 17.7 Å². The number of hydrogen-bond acceptors (Lipinski definition) is 8. The topological polar surface area (TPSA) is 189 Å². The van der Waals surface area contributed by atoms with Crippen LogP contribution in [0.1, 0.15) is 65.4 Å². The summed E-state index contributed by atoms with van der Waals surface area (Å²) in [4.78, 5) is 36.0. The van der Waals surface area contributed by atoms with E-state index in [1.807, 2.05) is 32.0 Å². The molecule has 0 aliphatic carbocycles. The second kappa shape index (κ2) is 20.3. The molecule has 0 aromatic heterocycles. The molecule has 242 valence electrons. The molecule has 0 bridgehead atoms. The number of hydrogen-bond donors (Lipinski definition) is 5. The Hall–Kier alpha value is -2.60. The molecular weight excluding hydrogens is 564 g/mol. The second-order valence-electron chi connectivity index (χ2n) is 11.4. The second-order valence-corrected chi connectivity index (χ2v) is 11.4. The maximum Gasteiger partial charge on any atom is 0.240 e. The highest BCUT2D eigenvalue weighted by atomic mass is 35.5. The van der Waals surface area contributed by atoms with Crippen LogP contribution in [-0.4, -0.2) is 68.4 Å². The molecule has 0 saturated carbocycles. The molecule has 11 nitrogen and oxygen atoms in total. The van der Waals surface area contributed by atoms with Crippen LogP contribution in [-0.2, 0) is 25.5 Å². The number of ether oxygens (including phenoxy) is 3. The van der Waals surface area contributed by atoms with E-state index in [0.717, 1.165) is 18.4 Å². The number of amides is 3. The molecule has 0 heterocycles. The molecule has 0 spiro atoms. The Kier molecular flexibility index (Phi) is 19.1. The Morgan fingerprint density at radius 3 is 2.17 bits per heavy atom. The summed E-state index contributed by atoms with van der Waals surface area (Å²) in [5, 5.41) is 13.7. The summed E-state index contributed by atoms with van der Waals surface area (Å²) in [6.07, 6.45) is 1.15. The highest BCUT2D eigenvalue weighted by Crippen LogP contribution is 2.31. The van der Waals surface area contributed by atoms with Crippen LogP contribution in [0.2, 0.25) is 0 Å². The molecule has 0 saturated heterocycles. The van der Waals surface area contributed by atoms with Gasteiger partial charge in [-0.3, -0.25) is 14.4 Å². The van der Waals surface area contributed by atoms with E-state index in [1.165, 1.54) is 0 Å². The Balaban J connectivity index is 0.0000168. The zero-order valence-corrected chi connectivity index (χ0v) is 26.8. The first-order valence-corrected chi connectivity index (χ1v) is 14.4. The van der Waals surface area contributed by atoms with Gasteiger partial charge in [0.05, 0.1) is 19.8 Å². The van der Waals surface area contributed by atoms with E-state index in [2.05, 4.69) is 19.2 Å². The van der Waals surface area contributed by atoms with E-state index in [0.29, 0.717) is 31.1 Å². The van der Waals surface area contributed by atoms with E-state index >= 15 is 0 Å². The van der Waals surface area contributed by atoms with Crippen molar-refractivity contribution in [3.8, 4) is 11.5 Å². The third-order valence-corrected chi connectivity index (χ3v) is 7.46. The smallest absolute Gasteiger partial charge is 0.240 e. The van der Waals surface area contributed by atoms with E-state index in [1.54, 1.807) is 14.2 Å². The Morgan fingerprint density at radius 1 is 0.976 bits per heavy atom. The summed E-state index contributed by atoms with van der Waals surface area (Å²) in [5.41, 5.74) is 18.1.